The molecule has 0 radical (unpaired) electrons. The Hall–Kier alpha value is -2.97. The second-order valence-corrected chi connectivity index (χ2v) is 9.66. The van der Waals surface area contributed by atoms with Crippen molar-refractivity contribution in [3.8, 4) is 5.75 Å². The molecule has 2 amide bonds. The van der Waals surface area contributed by atoms with E-state index >= 15 is 0 Å². The largest absolute Gasteiger partial charge is 0.491 e. The molecule has 1 aliphatic heterocycles. The Morgan fingerprint density at radius 1 is 1.17 bits per heavy atom. The van der Waals surface area contributed by atoms with Gasteiger partial charge in [0.05, 0.1) is 11.7 Å². The summed E-state index contributed by atoms with van der Waals surface area (Å²) in [5.41, 5.74) is 2.03. The zero-order valence-corrected chi connectivity index (χ0v) is 21.9. The van der Waals surface area contributed by atoms with Crippen molar-refractivity contribution in [1.29, 1.82) is 0 Å². The summed E-state index contributed by atoms with van der Waals surface area (Å²) in [6, 6.07) is 11.7. The number of amides is 2. The summed E-state index contributed by atoms with van der Waals surface area (Å²) in [4.78, 5) is 29.4. The second kappa shape index (κ2) is 12.8. The minimum absolute atomic E-state index is 0.00606. The molecule has 0 bridgehead atoms. The number of carbonyl (C=O) groups is 2. The Morgan fingerprint density at radius 2 is 1.89 bits per heavy atom. The van der Waals surface area contributed by atoms with Gasteiger partial charge in [-0.05, 0) is 49.1 Å². The van der Waals surface area contributed by atoms with Crippen LogP contribution in [0.4, 0.5) is 10.1 Å². The molecule has 2 aromatic carbocycles. The Bertz CT molecular complexity index is 1030. The Balaban J connectivity index is 1.92. The van der Waals surface area contributed by atoms with Crippen LogP contribution in [-0.4, -0.2) is 67.6 Å². The molecule has 7 nitrogen and oxygen atoms in total. The van der Waals surface area contributed by atoms with Crippen molar-refractivity contribution in [1.82, 2.24) is 9.80 Å². The SMILES string of the molecule is CCCC(=O)Nc1ccc2c(c1)OC[C@H](C)N(Cc1ccc(F)cc1)C[C@H](C)[C@@H](OC)CN(C)C2=O. The van der Waals surface area contributed by atoms with E-state index in [0.29, 0.717) is 49.7 Å². The number of nitrogens with one attached hydrogen (secondary N) is 1. The van der Waals surface area contributed by atoms with Gasteiger partial charge in [0.15, 0.2) is 0 Å². The minimum Gasteiger partial charge on any atom is -0.491 e. The summed E-state index contributed by atoms with van der Waals surface area (Å²) in [7, 11) is 3.42. The number of nitrogens with zero attached hydrogens (tertiary/aromatic N) is 2. The number of methoxy groups -OCH3 is 1. The second-order valence-electron chi connectivity index (χ2n) is 9.66. The number of fused-ring (bicyclic) bond motifs is 1. The van der Waals surface area contributed by atoms with Gasteiger partial charge in [0.2, 0.25) is 5.91 Å². The number of hydrogen-bond donors (Lipinski definition) is 1. The van der Waals surface area contributed by atoms with Crippen molar-refractivity contribution in [2.45, 2.75) is 52.3 Å². The number of carbonyl (C=O) groups excluding carboxylic acids is 2. The molecule has 196 valence electrons. The van der Waals surface area contributed by atoms with Gasteiger partial charge in [0, 0.05) is 58.0 Å². The molecule has 0 unspecified atom stereocenters. The first-order valence-corrected chi connectivity index (χ1v) is 12.5. The molecule has 3 atom stereocenters. The van der Waals surface area contributed by atoms with E-state index in [1.54, 1.807) is 49.4 Å². The monoisotopic (exact) mass is 499 g/mol. The maximum Gasteiger partial charge on any atom is 0.257 e. The average Bonchev–Trinajstić information content (AvgIpc) is 2.85. The number of likely N-dealkylation sites (N-methyl/N-ethyl adjacent to an activating group) is 1. The third-order valence-electron chi connectivity index (χ3n) is 6.64. The molecule has 36 heavy (non-hydrogen) atoms. The van der Waals surface area contributed by atoms with Gasteiger partial charge < -0.3 is 19.7 Å². The van der Waals surface area contributed by atoms with Crippen LogP contribution in [0.25, 0.3) is 0 Å². The van der Waals surface area contributed by atoms with Gasteiger partial charge in [0.25, 0.3) is 5.91 Å². The van der Waals surface area contributed by atoms with Crippen LogP contribution in [0.3, 0.4) is 0 Å². The lowest BCUT2D eigenvalue weighted by Crippen LogP contribution is -2.46. The van der Waals surface area contributed by atoms with Gasteiger partial charge in [0.1, 0.15) is 18.2 Å². The van der Waals surface area contributed by atoms with Crippen molar-refractivity contribution in [3.63, 3.8) is 0 Å². The average molecular weight is 500 g/mol. The van der Waals surface area contributed by atoms with Crippen LogP contribution in [0.5, 0.6) is 5.75 Å². The van der Waals surface area contributed by atoms with Crippen molar-refractivity contribution in [2.24, 2.45) is 5.92 Å². The number of anilines is 1. The lowest BCUT2D eigenvalue weighted by molar-refractivity contribution is -0.116. The summed E-state index contributed by atoms with van der Waals surface area (Å²) < 4.78 is 25.5. The van der Waals surface area contributed by atoms with Gasteiger partial charge in [-0.3, -0.25) is 14.5 Å². The van der Waals surface area contributed by atoms with Gasteiger partial charge in [-0.2, -0.15) is 0 Å². The van der Waals surface area contributed by atoms with Crippen LogP contribution in [0.1, 0.15) is 49.5 Å². The minimum atomic E-state index is -0.261. The van der Waals surface area contributed by atoms with Crippen molar-refractivity contribution < 1.29 is 23.5 Å². The van der Waals surface area contributed by atoms with E-state index in [-0.39, 0.29) is 35.7 Å². The predicted octanol–water partition coefficient (Wildman–Crippen LogP) is 4.57. The Kier molecular flexibility index (Phi) is 9.84. The van der Waals surface area contributed by atoms with E-state index < -0.39 is 0 Å². The van der Waals surface area contributed by atoms with E-state index in [2.05, 4.69) is 24.1 Å². The van der Waals surface area contributed by atoms with E-state index in [0.717, 1.165) is 12.0 Å². The van der Waals surface area contributed by atoms with Gasteiger partial charge in [-0.1, -0.05) is 26.0 Å². The van der Waals surface area contributed by atoms with E-state index in [1.807, 2.05) is 6.92 Å². The van der Waals surface area contributed by atoms with Gasteiger partial charge >= 0.3 is 0 Å². The maximum atomic E-state index is 13.5. The first-order valence-electron chi connectivity index (χ1n) is 12.5. The van der Waals surface area contributed by atoms with Crippen molar-refractivity contribution in [2.75, 3.05) is 39.2 Å². The molecule has 0 aliphatic carbocycles. The van der Waals surface area contributed by atoms with E-state index in [1.165, 1.54) is 12.1 Å². The van der Waals surface area contributed by atoms with Gasteiger partial charge in [-0.15, -0.1) is 0 Å². The normalized spacial score (nSPS) is 21.7. The first kappa shape index (κ1) is 27.6. The summed E-state index contributed by atoms with van der Waals surface area (Å²) in [5, 5.41) is 2.88. The summed E-state index contributed by atoms with van der Waals surface area (Å²) in [6.07, 6.45) is 1.00. The molecule has 8 heteroatoms. The smallest absolute Gasteiger partial charge is 0.257 e. The van der Waals surface area contributed by atoms with E-state index in [9.17, 15) is 14.0 Å². The number of benzene rings is 2. The first-order chi connectivity index (χ1) is 17.2. The molecule has 1 aliphatic rings. The molecule has 0 spiro atoms. The lowest BCUT2D eigenvalue weighted by atomic mass is 10.0. The molecule has 0 fully saturated rings. The number of halogens is 1. The highest BCUT2D eigenvalue weighted by Gasteiger charge is 2.28. The van der Waals surface area contributed by atoms with Gasteiger partial charge in [-0.25, -0.2) is 4.39 Å². The van der Waals surface area contributed by atoms with E-state index in [4.69, 9.17) is 9.47 Å². The standard InChI is InChI=1S/C28H38FN3O4/c1-6-7-27(33)30-23-12-13-24-25(14-23)36-18-20(3)32(16-21-8-10-22(29)11-9-21)15-19(2)26(35-5)17-31(4)28(24)34/h8-14,19-20,26H,6-7,15-18H2,1-5H3,(H,30,33)/t19-,20-,26-/m0/s1. The summed E-state index contributed by atoms with van der Waals surface area (Å²) >= 11 is 0. The molecule has 0 saturated carbocycles. The zero-order chi connectivity index (χ0) is 26.2. The molecule has 1 heterocycles. The Morgan fingerprint density at radius 3 is 2.56 bits per heavy atom. The molecule has 0 saturated heterocycles. The molecule has 1 N–H and O–H groups in total. The van der Waals surface area contributed by atoms with Crippen LogP contribution < -0.4 is 10.1 Å². The van der Waals surface area contributed by atoms with Crippen molar-refractivity contribution >= 4 is 17.5 Å². The van der Waals surface area contributed by atoms with Crippen molar-refractivity contribution in [3.05, 3.63) is 59.4 Å². The number of ether oxygens (including phenoxy) is 2. The third-order valence-corrected chi connectivity index (χ3v) is 6.64. The fourth-order valence-corrected chi connectivity index (χ4v) is 4.42. The molecule has 2 aromatic rings. The van der Waals surface area contributed by atoms with Crippen LogP contribution in [0.2, 0.25) is 0 Å². The quantitative estimate of drug-likeness (QED) is 0.631. The van der Waals surface area contributed by atoms with Crippen LogP contribution >= 0.6 is 0 Å². The highest BCUT2D eigenvalue weighted by atomic mass is 19.1. The number of rotatable bonds is 6. The molecular formula is C28H38FN3O4. The summed E-state index contributed by atoms with van der Waals surface area (Å²) in [6.45, 7) is 8.23. The zero-order valence-electron chi connectivity index (χ0n) is 21.9. The highest BCUT2D eigenvalue weighted by molar-refractivity contribution is 5.98. The van der Waals surface area contributed by atoms with Crippen LogP contribution in [0, 0.1) is 11.7 Å². The molecular weight excluding hydrogens is 461 g/mol. The molecule has 0 aromatic heterocycles. The lowest BCUT2D eigenvalue weighted by Gasteiger charge is -2.36. The number of hydrogen-bond acceptors (Lipinski definition) is 5. The fraction of sp³-hybridized carbons (Fsp3) is 0.500. The highest BCUT2D eigenvalue weighted by Crippen LogP contribution is 2.27. The van der Waals surface area contributed by atoms with Crippen LogP contribution in [0.15, 0.2) is 42.5 Å². The Labute approximate surface area is 213 Å². The predicted molar refractivity (Wildman–Crippen MR) is 139 cm³/mol. The summed E-state index contributed by atoms with van der Waals surface area (Å²) in [5.74, 6) is 0.0511. The van der Waals surface area contributed by atoms with Crippen LogP contribution in [-0.2, 0) is 16.1 Å². The fourth-order valence-electron chi connectivity index (χ4n) is 4.42. The molecule has 3 rings (SSSR count). The third kappa shape index (κ3) is 7.27. The maximum absolute atomic E-state index is 13.5. The topological polar surface area (TPSA) is 71.1 Å².